The zero-order chi connectivity index (χ0) is 16.8. The van der Waals surface area contributed by atoms with Crippen molar-refractivity contribution in [2.24, 2.45) is 0 Å². The fourth-order valence-electron chi connectivity index (χ4n) is 2.18. The lowest BCUT2D eigenvalue weighted by molar-refractivity contribution is -0.123. The summed E-state index contributed by atoms with van der Waals surface area (Å²) < 4.78 is 0.939. The van der Waals surface area contributed by atoms with Crippen molar-refractivity contribution in [3.63, 3.8) is 0 Å². The van der Waals surface area contributed by atoms with Gasteiger partial charge in [-0.05, 0) is 37.6 Å². The number of amides is 2. The molecule has 4 nitrogen and oxygen atoms in total. The predicted octanol–water partition coefficient (Wildman–Crippen LogP) is 3.44. The van der Waals surface area contributed by atoms with E-state index in [1.165, 1.54) is 0 Å². The number of halogens is 1. The molecule has 0 aliphatic rings. The maximum absolute atomic E-state index is 12.3. The molecule has 5 heteroatoms. The van der Waals surface area contributed by atoms with E-state index in [1.54, 1.807) is 31.2 Å². The Morgan fingerprint density at radius 3 is 2.17 bits per heavy atom. The van der Waals surface area contributed by atoms with Gasteiger partial charge in [0.15, 0.2) is 0 Å². The topological polar surface area (TPSA) is 58.2 Å². The highest BCUT2D eigenvalue weighted by Gasteiger charge is 2.19. The van der Waals surface area contributed by atoms with Gasteiger partial charge in [0.25, 0.3) is 5.91 Å². The third-order valence-corrected chi connectivity index (χ3v) is 4.23. The number of benzene rings is 2. The van der Waals surface area contributed by atoms with Crippen molar-refractivity contribution in [3.8, 4) is 0 Å². The monoisotopic (exact) mass is 374 g/mol. The third kappa shape index (κ3) is 4.66. The lowest BCUT2D eigenvalue weighted by atomic mass is 10.1. The van der Waals surface area contributed by atoms with Gasteiger partial charge >= 0.3 is 0 Å². The minimum Gasteiger partial charge on any atom is -0.348 e. The molecule has 0 heterocycles. The molecule has 2 unspecified atom stereocenters. The van der Waals surface area contributed by atoms with Crippen molar-refractivity contribution in [2.45, 2.75) is 25.9 Å². The van der Waals surface area contributed by atoms with Gasteiger partial charge in [-0.2, -0.15) is 0 Å². The smallest absolute Gasteiger partial charge is 0.251 e. The van der Waals surface area contributed by atoms with E-state index in [2.05, 4.69) is 26.6 Å². The lowest BCUT2D eigenvalue weighted by Gasteiger charge is -2.19. The minimum atomic E-state index is -0.618. The Labute approximate surface area is 144 Å². The maximum Gasteiger partial charge on any atom is 0.251 e. The van der Waals surface area contributed by atoms with E-state index < -0.39 is 6.04 Å². The molecule has 0 bridgehead atoms. The van der Waals surface area contributed by atoms with Crippen LogP contribution in [0.5, 0.6) is 0 Å². The summed E-state index contributed by atoms with van der Waals surface area (Å²) in [5.74, 6) is -0.487. The van der Waals surface area contributed by atoms with Crippen LogP contribution in [0, 0.1) is 0 Å². The average molecular weight is 375 g/mol. The second kappa shape index (κ2) is 7.92. The zero-order valence-corrected chi connectivity index (χ0v) is 14.6. The van der Waals surface area contributed by atoms with Crippen LogP contribution in [-0.2, 0) is 4.79 Å². The fourth-order valence-corrected chi connectivity index (χ4v) is 2.81. The molecular formula is C18H19BrN2O2. The Balaban J connectivity index is 1.95. The molecule has 0 spiro atoms. The van der Waals surface area contributed by atoms with Crippen LogP contribution in [0.4, 0.5) is 0 Å². The average Bonchev–Trinajstić information content (AvgIpc) is 2.55. The molecule has 0 aliphatic heterocycles. The Bertz CT molecular complexity index is 688. The van der Waals surface area contributed by atoms with Gasteiger partial charge in [0, 0.05) is 10.0 Å². The predicted molar refractivity (Wildman–Crippen MR) is 94.1 cm³/mol. The van der Waals surface area contributed by atoms with Crippen molar-refractivity contribution < 1.29 is 9.59 Å². The number of hydrogen-bond acceptors (Lipinski definition) is 2. The van der Waals surface area contributed by atoms with Crippen LogP contribution < -0.4 is 10.6 Å². The molecule has 2 aromatic carbocycles. The highest BCUT2D eigenvalue weighted by Crippen LogP contribution is 2.22. The van der Waals surface area contributed by atoms with Crippen LogP contribution in [0.15, 0.2) is 59.1 Å². The van der Waals surface area contributed by atoms with Gasteiger partial charge in [-0.3, -0.25) is 9.59 Å². The van der Waals surface area contributed by atoms with Gasteiger partial charge in [-0.25, -0.2) is 0 Å². The van der Waals surface area contributed by atoms with E-state index in [-0.39, 0.29) is 17.9 Å². The molecule has 0 saturated carbocycles. The van der Waals surface area contributed by atoms with Gasteiger partial charge in [-0.15, -0.1) is 0 Å². The summed E-state index contributed by atoms with van der Waals surface area (Å²) in [5, 5.41) is 5.61. The molecule has 2 rings (SSSR count). The van der Waals surface area contributed by atoms with Crippen LogP contribution >= 0.6 is 15.9 Å². The number of carbonyl (C=O) groups is 2. The fraction of sp³-hybridized carbons (Fsp3) is 0.222. The third-order valence-electron chi connectivity index (χ3n) is 3.51. The molecule has 23 heavy (non-hydrogen) atoms. The largest absolute Gasteiger partial charge is 0.348 e. The SMILES string of the molecule is CC(NC(=O)c1ccccc1)C(=O)NC(C)c1ccccc1Br. The molecule has 2 N–H and O–H groups in total. The van der Waals surface area contributed by atoms with Crippen molar-refractivity contribution in [3.05, 3.63) is 70.2 Å². The highest BCUT2D eigenvalue weighted by atomic mass is 79.9. The summed E-state index contributed by atoms with van der Waals surface area (Å²) in [5.41, 5.74) is 1.52. The van der Waals surface area contributed by atoms with Crippen LogP contribution in [0.25, 0.3) is 0 Å². The second-order valence-corrected chi connectivity index (χ2v) is 6.17. The van der Waals surface area contributed by atoms with E-state index in [9.17, 15) is 9.59 Å². The van der Waals surface area contributed by atoms with E-state index in [0.717, 1.165) is 10.0 Å². The van der Waals surface area contributed by atoms with E-state index in [4.69, 9.17) is 0 Å². The van der Waals surface area contributed by atoms with Crippen molar-refractivity contribution in [1.29, 1.82) is 0 Å². The Morgan fingerprint density at radius 1 is 0.913 bits per heavy atom. The van der Waals surface area contributed by atoms with E-state index in [1.807, 2.05) is 37.3 Å². The van der Waals surface area contributed by atoms with Gasteiger partial charge in [0.1, 0.15) is 6.04 Å². The normalized spacial score (nSPS) is 13.0. The Morgan fingerprint density at radius 2 is 1.52 bits per heavy atom. The number of nitrogens with one attached hydrogen (secondary N) is 2. The molecule has 2 aromatic rings. The number of carbonyl (C=O) groups excluding carboxylic acids is 2. The standard InChI is InChI=1S/C18H19BrN2O2/c1-12(15-10-6-7-11-16(15)19)20-17(22)13(2)21-18(23)14-8-4-3-5-9-14/h3-13H,1-2H3,(H,20,22)(H,21,23). The molecule has 2 atom stereocenters. The highest BCUT2D eigenvalue weighted by molar-refractivity contribution is 9.10. The molecule has 0 radical (unpaired) electrons. The first-order valence-electron chi connectivity index (χ1n) is 7.39. The quantitative estimate of drug-likeness (QED) is 0.841. The summed E-state index contributed by atoms with van der Waals surface area (Å²) in [6, 6.07) is 15.8. The van der Waals surface area contributed by atoms with Crippen LogP contribution in [-0.4, -0.2) is 17.9 Å². The second-order valence-electron chi connectivity index (χ2n) is 5.31. The van der Waals surface area contributed by atoms with Crippen LogP contribution in [0.3, 0.4) is 0 Å². The summed E-state index contributed by atoms with van der Waals surface area (Å²) in [6.45, 7) is 3.58. The van der Waals surface area contributed by atoms with E-state index >= 15 is 0 Å². The molecule has 120 valence electrons. The zero-order valence-electron chi connectivity index (χ0n) is 13.0. The molecule has 0 aliphatic carbocycles. The van der Waals surface area contributed by atoms with Crippen LogP contribution in [0.1, 0.15) is 35.8 Å². The summed E-state index contributed by atoms with van der Waals surface area (Å²) in [4.78, 5) is 24.3. The molecular weight excluding hydrogens is 356 g/mol. The van der Waals surface area contributed by atoms with Gasteiger partial charge in [0.2, 0.25) is 5.91 Å². The summed E-state index contributed by atoms with van der Waals surface area (Å²) >= 11 is 3.47. The summed E-state index contributed by atoms with van der Waals surface area (Å²) in [6.07, 6.45) is 0. The number of hydrogen-bond donors (Lipinski definition) is 2. The van der Waals surface area contributed by atoms with Crippen LogP contribution in [0.2, 0.25) is 0 Å². The molecule has 0 aromatic heterocycles. The van der Waals surface area contributed by atoms with E-state index in [0.29, 0.717) is 5.56 Å². The molecule has 0 fully saturated rings. The van der Waals surface area contributed by atoms with Gasteiger partial charge < -0.3 is 10.6 Å². The first-order chi connectivity index (χ1) is 11.0. The van der Waals surface area contributed by atoms with Crippen molar-refractivity contribution in [1.82, 2.24) is 10.6 Å². The first-order valence-corrected chi connectivity index (χ1v) is 8.19. The van der Waals surface area contributed by atoms with Crippen molar-refractivity contribution in [2.75, 3.05) is 0 Å². The maximum atomic E-state index is 12.3. The lowest BCUT2D eigenvalue weighted by Crippen LogP contribution is -2.45. The Kier molecular flexibility index (Phi) is 5.93. The molecule has 2 amide bonds. The van der Waals surface area contributed by atoms with Gasteiger partial charge in [0.05, 0.1) is 6.04 Å². The Hall–Kier alpha value is -2.14. The molecule has 0 saturated heterocycles. The van der Waals surface area contributed by atoms with Crippen molar-refractivity contribution >= 4 is 27.7 Å². The number of rotatable bonds is 5. The minimum absolute atomic E-state index is 0.158. The van der Waals surface area contributed by atoms with Gasteiger partial charge in [-0.1, -0.05) is 52.3 Å². The summed E-state index contributed by atoms with van der Waals surface area (Å²) in [7, 11) is 0. The first kappa shape index (κ1) is 17.2.